The van der Waals surface area contributed by atoms with Crippen LogP contribution < -0.4 is 15.1 Å². The molecule has 0 amide bonds. The third kappa shape index (κ3) is 14.0. The molecule has 2 spiro atoms. The number of anilines is 8. The second-order valence-corrected chi connectivity index (χ2v) is 40.8. The normalized spacial score (nSPS) is 13.6. The van der Waals surface area contributed by atoms with Gasteiger partial charge < -0.3 is 19.5 Å². The Kier molecular flexibility index (Phi) is 20.1. The molecule has 0 saturated heterocycles. The molecular weight excluding hydrogens is 1600 g/mol. The van der Waals surface area contributed by atoms with Crippen molar-refractivity contribution in [2.75, 3.05) is 15.1 Å². The highest BCUT2D eigenvalue weighted by Gasteiger charge is 2.54. The first-order valence-electron chi connectivity index (χ1n) is 42.9. The van der Waals surface area contributed by atoms with Gasteiger partial charge in [0.05, 0.1) is 10.8 Å². The fraction of sp³-hybridized carbons (Fsp3) is 0.217. The van der Waals surface area contributed by atoms with Crippen molar-refractivity contribution in [3.63, 3.8) is 0 Å². The van der Waals surface area contributed by atoms with Gasteiger partial charge >= 0.3 is 0 Å². The van der Waals surface area contributed by atoms with Gasteiger partial charge in [0.25, 0.3) is 0 Å². The van der Waals surface area contributed by atoms with Gasteiger partial charge in [-0.15, -0.1) is 0 Å². The Hall–Kier alpha value is -11.5. The first kappa shape index (κ1) is 80.5. The zero-order chi connectivity index (χ0) is 84.6. The zero-order valence-corrected chi connectivity index (χ0v) is 76.0. The number of nitrogens with zero attached hydrogens (tertiary/aromatic N) is 2. The molecule has 1 N–H and O–H groups in total. The van der Waals surface area contributed by atoms with E-state index in [4.69, 9.17) is 4.42 Å². The lowest BCUT2D eigenvalue weighted by Crippen LogP contribution is -2.26. The number of nitrogens with one attached hydrogen (secondary N) is 1. The lowest BCUT2D eigenvalue weighted by atomic mass is 9.70. The highest BCUT2D eigenvalue weighted by atomic mass is 79.9. The summed E-state index contributed by atoms with van der Waals surface area (Å²) >= 11 is 7.73. The van der Waals surface area contributed by atoms with Crippen LogP contribution in [0.4, 0.5) is 45.5 Å². The summed E-state index contributed by atoms with van der Waals surface area (Å²) in [4.78, 5) is 4.91. The van der Waals surface area contributed by atoms with Crippen molar-refractivity contribution in [1.82, 2.24) is 0 Å². The summed E-state index contributed by atoms with van der Waals surface area (Å²) in [6.45, 7) is 38.6. The van der Waals surface area contributed by atoms with Crippen molar-refractivity contribution < 1.29 is 4.42 Å². The molecule has 0 radical (unpaired) electrons. The van der Waals surface area contributed by atoms with Crippen molar-refractivity contribution in [2.45, 2.75) is 162 Å². The Morgan fingerprint density at radius 2 is 0.595 bits per heavy atom. The molecule has 4 nitrogen and oxygen atoms in total. The summed E-state index contributed by atoms with van der Waals surface area (Å²) < 4.78 is 8.75. The van der Waals surface area contributed by atoms with Gasteiger partial charge in [0.15, 0.2) is 0 Å². The van der Waals surface area contributed by atoms with Gasteiger partial charge in [0.1, 0.15) is 11.2 Å². The van der Waals surface area contributed by atoms with Crippen LogP contribution in [0.3, 0.4) is 0 Å². The molecule has 4 aliphatic rings. The highest BCUT2D eigenvalue weighted by molar-refractivity contribution is 9.11. The quantitative estimate of drug-likeness (QED) is 0.156. The molecule has 121 heavy (non-hydrogen) atoms. The number of rotatable bonds is 9. The Balaban J connectivity index is 0.000000152. The van der Waals surface area contributed by atoms with Gasteiger partial charge in [-0.25, -0.2) is 0 Å². The number of benzene rings is 15. The van der Waals surface area contributed by atoms with E-state index in [9.17, 15) is 0 Å². The van der Waals surface area contributed by atoms with E-state index in [1.165, 1.54) is 122 Å². The Labute approximate surface area is 733 Å². The third-order valence-corrected chi connectivity index (χ3v) is 26.9. The lowest BCUT2D eigenvalue weighted by Gasteiger charge is -2.33. The van der Waals surface area contributed by atoms with E-state index >= 15 is 0 Å². The van der Waals surface area contributed by atoms with Crippen LogP contribution in [0.1, 0.15) is 202 Å². The van der Waals surface area contributed by atoms with E-state index in [2.05, 4.69) is 486 Å². The average molecular weight is 1710 g/mol. The van der Waals surface area contributed by atoms with Gasteiger partial charge in [-0.2, -0.15) is 0 Å². The number of furan rings is 1. The van der Waals surface area contributed by atoms with Gasteiger partial charge in [-0.1, -0.05) is 356 Å². The van der Waals surface area contributed by atoms with Crippen LogP contribution in [-0.2, 0) is 37.9 Å². The molecule has 0 saturated carbocycles. The van der Waals surface area contributed by atoms with Crippen molar-refractivity contribution in [3.8, 4) is 44.5 Å². The highest BCUT2D eigenvalue weighted by Crippen LogP contribution is 2.67. The molecule has 20 rings (SSSR count). The van der Waals surface area contributed by atoms with Crippen molar-refractivity contribution >= 4 is 99.3 Å². The molecule has 4 aliphatic carbocycles. The second kappa shape index (κ2) is 30.3. The number of hydrogen-bond donors (Lipinski definition) is 1. The predicted molar refractivity (Wildman–Crippen MR) is 521 cm³/mol. The second-order valence-electron chi connectivity index (χ2n) is 39.0. The smallest absolute Gasteiger partial charge is 0.144 e. The molecule has 1 aromatic heterocycles. The molecule has 0 atom stereocenters. The van der Waals surface area contributed by atoms with Crippen LogP contribution in [0.25, 0.3) is 66.4 Å². The predicted octanol–water partition coefficient (Wildman–Crippen LogP) is 33.5. The Bertz CT molecular complexity index is 6270. The molecule has 15 aromatic carbocycles. The Morgan fingerprint density at radius 3 is 0.967 bits per heavy atom. The molecule has 0 unspecified atom stereocenters. The van der Waals surface area contributed by atoms with Gasteiger partial charge in [0, 0.05) is 70.8 Å². The van der Waals surface area contributed by atoms with Crippen LogP contribution in [0.2, 0.25) is 0 Å². The summed E-state index contributed by atoms with van der Waals surface area (Å²) in [5.41, 5.74) is 39.2. The molecule has 0 aliphatic heterocycles. The number of hydrogen-bond acceptors (Lipinski definition) is 4. The monoisotopic (exact) mass is 1700 g/mol. The molecular formula is C115H107Br2N3O. The van der Waals surface area contributed by atoms with E-state index in [1.807, 2.05) is 6.07 Å². The minimum atomic E-state index is -0.556. The van der Waals surface area contributed by atoms with Crippen LogP contribution in [0, 0.1) is 0 Å². The standard InChI is InChI=1S/C65H66N2.C31H16Br2O.C19H25N/c1-61(2,3)43-21-29-47(30-22-43)66(48-31-23-44(24-32-48)62(4,5)6)51-37-39-55-56-40-38-52(42-60(56)65(59(55)41-51)57-19-15-13-17-53(57)54-18-14-16-20-58(54)65)67(49-33-25-45(26-34-49)63(7,8)9)50-35-27-46(28-36-50)64(10,11)12;32-17-13-14-20-24(15-17)31(22-10-4-1-7-18(22)19-8-2-5-11-23(19)31)25-16-26(33)29-21-9-3-6-12-27(21)34-30(29)28(20)25;1-14(2)15-6-10-17(11-7-15)20-18-12-8-16(9-13-18)19(3,4)5/h13-42H,1-12H3;1-16H;6-14,20H,1-5H3. The largest absolute Gasteiger partial charge is 0.455 e. The van der Waals surface area contributed by atoms with E-state index in [0.717, 1.165) is 76.4 Å². The lowest BCUT2D eigenvalue weighted by molar-refractivity contribution is 0.590. The van der Waals surface area contributed by atoms with Crippen LogP contribution in [0.15, 0.2) is 341 Å². The first-order valence-corrected chi connectivity index (χ1v) is 44.5. The SMILES string of the molecule is Brc1ccc2c(c1)C1(c3ccccc3-c3ccccc31)c1cc(Br)c3c(oc4ccccc43)c1-2.CC(C)(C)c1ccc(N(c2ccc(C(C)(C)C)cc2)c2ccc3c(c2)C2(c4ccccc4-c4ccccc42)c2cc(N(c4ccc(C(C)(C)C)cc4)c4ccc(C(C)(C)C)cc4)ccc2-3)cc1.CC(C)c1ccc(Nc2ccc(C(C)(C)C)cc2)cc1. The van der Waals surface area contributed by atoms with Gasteiger partial charge in [0.2, 0.25) is 0 Å². The summed E-state index contributed by atoms with van der Waals surface area (Å²) in [6.07, 6.45) is 0. The number of halogens is 2. The van der Waals surface area contributed by atoms with Crippen LogP contribution >= 0.6 is 31.9 Å². The average Bonchev–Trinajstić information content (AvgIpc) is 1.50. The third-order valence-electron chi connectivity index (χ3n) is 25.8. The fourth-order valence-electron chi connectivity index (χ4n) is 19.3. The first-order chi connectivity index (χ1) is 57.8. The summed E-state index contributed by atoms with van der Waals surface area (Å²) in [7, 11) is 0. The van der Waals surface area contributed by atoms with E-state index in [-0.39, 0.29) is 27.1 Å². The maximum atomic E-state index is 6.60. The minimum Gasteiger partial charge on any atom is -0.455 e. The van der Waals surface area contributed by atoms with E-state index < -0.39 is 10.8 Å². The van der Waals surface area contributed by atoms with Crippen LogP contribution in [-0.4, -0.2) is 0 Å². The molecule has 0 bridgehead atoms. The minimum absolute atomic E-state index is 0.0485. The van der Waals surface area contributed by atoms with Crippen molar-refractivity contribution in [1.29, 1.82) is 0 Å². The van der Waals surface area contributed by atoms with Crippen molar-refractivity contribution in [3.05, 3.63) is 414 Å². The van der Waals surface area contributed by atoms with Crippen molar-refractivity contribution in [2.24, 2.45) is 0 Å². The topological polar surface area (TPSA) is 31.7 Å². The summed E-state index contributed by atoms with van der Waals surface area (Å²) in [6, 6.07) is 122. The number of fused-ring (bicyclic) bond motifs is 24. The summed E-state index contributed by atoms with van der Waals surface area (Å²) in [5, 5.41) is 5.73. The van der Waals surface area contributed by atoms with Crippen LogP contribution in [0.5, 0.6) is 0 Å². The molecule has 1 heterocycles. The van der Waals surface area contributed by atoms with E-state index in [1.54, 1.807) is 0 Å². The molecule has 0 fully saturated rings. The maximum Gasteiger partial charge on any atom is 0.144 e. The fourth-order valence-corrected chi connectivity index (χ4v) is 20.3. The molecule has 6 heteroatoms. The Morgan fingerprint density at radius 1 is 0.289 bits per heavy atom. The summed E-state index contributed by atoms with van der Waals surface area (Å²) in [5.74, 6) is 0.579. The van der Waals surface area contributed by atoms with Gasteiger partial charge in [-0.05, 0) is 271 Å². The molecule has 602 valence electrons. The maximum absolute atomic E-state index is 6.60. The molecule has 16 aromatic rings. The number of para-hydroxylation sites is 1. The zero-order valence-electron chi connectivity index (χ0n) is 72.8. The van der Waals surface area contributed by atoms with E-state index in [0.29, 0.717) is 5.92 Å². The van der Waals surface area contributed by atoms with Gasteiger partial charge in [-0.3, -0.25) is 0 Å².